The Balaban J connectivity index is 2.89. The van der Waals surface area contributed by atoms with E-state index in [1.54, 1.807) is 12.1 Å². The maximum Gasteiger partial charge on any atom is 0.255 e. The molecule has 0 aromatic heterocycles. The SMILES string of the molecule is CCC/C=C/C(=C\C=C(C)C)C(=O)Nc1cccc(N)c1. The van der Waals surface area contributed by atoms with Crippen LogP contribution in [0.1, 0.15) is 33.6 Å². The summed E-state index contributed by atoms with van der Waals surface area (Å²) in [7, 11) is 0. The summed E-state index contributed by atoms with van der Waals surface area (Å²) in [6.45, 7) is 6.11. The van der Waals surface area contributed by atoms with Crippen LogP contribution in [0.3, 0.4) is 0 Å². The quantitative estimate of drug-likeness (QED) is 0.460. The molecule has 0 bridgehead atoms. The molecule has 0 heterocycles. The molecule has 0 atom stereocenters. The maximum atomic E-state index is 12.3. The number of anilines is 2. The van der Waals surface area contributed by atoms with Gasteiger partial charge in [-0.2, -0.15) is 0 Å². The molecule has 0 spiro atoms. The van der Waals surface area contributed by atoms with Crippen LogP contribution in [0.4, 0.5) is 11.4 Å². The Morgan fingerprint density at radius 3 is 2.67 bits per heavy atom. The number of nitrogens with two attached hydrogens (primary N) is 1. The van der Waals surface area contributed by atoms with Gasteiger partial charge in [-0.05, 0) is 44.5 Å². The van der Waals surface area contributed by atoms with Crippen LogP contribution in [0.25, 0.3) is 0 Å². The lowest BCUT2D eigenvalue weighted by Crippen LogP contribution is -2.13. The molecule has 3 N–H and O–H groups in total. The predicted octanol–water partition coefficient (Wildman–Crippen LogP) is 4.46. The number of unbranched alkanes of at least 4 members (excludes halogenated alkanes) is 1. The number of carbonyl (C=O) groups excluding carboxylic acids is 1. The molecule has 1 amide bonds. The van der Waals surface area contributed by atoms with Gasteiger partial charge in [-0.25, -0.2) is 0 Å². The molecule has 0 aliphatic carbocycles. The summed E-state index contributed by atoms with van der Waals surface area (Å²) in [6.07, 6.45) is 9.67. The molecule has 0 saturated heterocycles. The van der Waals surface area contributed by atoms with Crippen LogP contribution >= 0.6 is 0 Å². The third-order valence-electron chi connectivity index (χ3n) is 2.76. The van der Waals surface area contributed by atoms with Crippen molar-refractivity contribution >= 4 is 17.3 Å². The zero-order valence-electron chi connectivity index (χ0n) is 13.0. The van der Waals surface area contributed by atoms with Gasteiger partial charge in [0.2, 0.25) is 0 Å². The average molecular weight is 284 g/mol. The van der Waals surface area contributed by atoms with Gasteiger partial charge >= 0.3 is 0 Å². The van der Waals surface area contributed by atoms with Gasteiger partial charge in [-0.3, -0.25) is 4.79 Å². The molecule has 1 aromatic carbocycles. The van der Waals surface area contributed by atoms with E-state index in [1.807, 2.05) is 50.3 Å². The number of rotatable bonds is 6. The number of nitrogens with one attached hydrogen (secondary N) is 1. The fourth-order valence-corrected chi connectivity index (χ4v) is 1.66. The zero-order chi connectivity index (χ0) is 15.7. The minimum absolute atomic E-state index is 0.134. The van der Waals surface area contributed by atoms with Crippen molar-refractivity contribution in [3.05, 3.63) is 59.7 Å². The summed E-state index contributed by atoms with van der Waals surface area (Å²) in [6, 6.07) is 7.17. The highest BCUT2D eigenvalue weighted by Crippen LogP contribution is 2.13. The van der Waals surface area contributed by atoms with E-state index in [1.165, 1.54) is 0 Å². The number of benzene rings is 1. The van der Waals surface area contributed by atoms with Crippen LogP contribution in [0.15, 0.2) is 59.7 Å². The standard InChI is InChI=1S/C18H24N2O/c1-4-5-6-8-15(12-11-14(2)3)18(21)20-17-10-7-9-16(19)13-17/h6-13H,4-5,19H2,1-3H3,(H,20,21)/b8-6+,15-12+. The van der Waals surface area contributed by atoms with E-state index >= 15 is 0 Å². The van der Waals surface area contributed by atoms with Gasteiger partial charge < -0.3 is 11.1 Å². The summed E-state index contributed by atoms with van der Waals surface area (Å²) in [5.41, 5.74) is 8.83. The average Bonchev–Trinajstić information content (AvgIpc) is 2.42. The topological polar surface area (TPSA) is 55.1 Å². The van der Waals surface area contributed by atoms with Crippen molar-refractivity contribution < 1.29 is 4.79 Å². The smallest absolute Gasteiger partial charge is 0.255 e. The van der Waals surface area contributed by atoms with Crippen molar-refractivity contribution in [2.45, 2.75) is 33.6 Å². The number of hydrogen-bond donors (Lipinski definition) is 2. The summed E-state index contributed by atoms with van der Waals surface area (Å²) < 4.78 is 0. The second-order valence-electron chi connectivity index (χ2n) is 5.14. The van der Waals surface area contributed by atoms with Gasteiger partial charge in [0, 0.05) is 16.9 Å². The first-order chi connectivity index (χ1) is 10.0. The van der Waals surface area contributed by atoms with Gasteiger partial charge in [0.15, 0.2) is 0 Å². The fourth-order valence-electron chi connectivity index (χ4n) is 1.66. The normalized spacial score (nSPS) is 11.5. The molecule has 3 nitrogen and oxygen atoms in total. The highest BCUT2D eigenvalue weighted by atomic mass is 16.1. The monoisotopic (exact) mass is 284 g/mol. The van der Waals surface area contributed by atoms with Crippen LogP contribution in [-0.4, -0.2) is 5.91 Å². The van der Waals surface area contributed by atoms with Crippen molar-refractivity contribution in [1.29, 1.82) is 0 Å². The van der Waals surface area contributed by atoms with Crippen LogP contribution in [0, 0.1) is 0 Å². The van der Waals surface area contributed by atoms with Crippen LogP contribution < -0.4 is 11.1 Å². The summed E-state index contributed by atoms with van der Waals surface area (Å²) in [5, 5.41) is 2.87. The van der Waals surface area contributed by atoms with E-state index < -0.39 is 0 Å². The summed E-state index contributed by atoms with van der Waals surface area (Å²) in [4.78, 5) is 12.3. The molecule has 1 rings (SSSR count). The highest BCUT2D eigenvalue weighted by molar-refractivity contribution is 6.06. The van der Waals surface area contributed by atoms with Crippen LogP contribution in [-0.2, 0) is 4.79 Å². The molecular formula is C18H24N2O. The molecular weight excluding hydrogens is 260 g/mol. The Hall–Kier alpha value is -2.29. The third kappa shape index (κ3) is 6.61. The van der Waals surface area contributed by atoms with E-state index in [0.717, 1.165) is 18.4 Å². The number of amides is 1. The Morgan fingerprint density at radius 1 is 1.29 bits per heavy atom. The molecule has 21 heavy (non-hydrogen) atoms. The van der Waals surface area contributed by atoms with E-state index in [9.17, 15) is 4.79 Å². The highest BCUT2D eigenvalue weighted by Gasteiger charge is 2.06. The van der Waals surface area contributed by atoms with Crippen molar-refractivity contribution in [3.8, 4) is 0 Å². The molecule has 0 aliphatic rings. The zero-order valence-corrected chi connectivity index (χ0v) is 13.0. The van der Waals surface area contributed by atoms with Crippen LogP contribution in [0.2, 0.25) is 0 Å². The predicted molar refractivity (Wildman–Crippen MR) is 91.0 cm³/mol. The molecule has 0 unspecified atom stereocenters. The summed E-state index contributed by atoms with van der Waals surface area (Å²) >= 11 is 0. The Morgan fingerprint density at radius 2 is 2.05 bits per heavy atom. The first kappa shape index (κ1) is 16.8. The fraction of sp³-hybridized carbons (Fsp3) is 0.278. The minimum Gasteiger partial charge on any atom is -0.399 e. The Bertz CT molecular complexity index is 564. The maximum absolute atomic E-state index is 12.3. The lowest BCUT2D eigenvalue weighted by Gasteiger charge is -2.06. The first-order valence-corrected chi connectivity index (χ1v) is 7.21. The van der Waals surface area contributed by atoms with Crippen molar-refractivity contribution in [2.24, 2.45) is 0 Å². The van der Waals surface area contributed by atoms with Gasteiger partial charge in [0.1, 0.15) is 0 Å². The van der Waals surface area contributed by atoms with Crippen LogP contribution in [0.5, 0.6) is 0 Å². The largest absolute Gasteiger partial charge is 0.399 e. The van der Waals surface area contributed by atoms with Gasteiger partial charge in [0.05, 0.1) is 0 Å². The molecule has 112 valence electrons. The molecule has 3 heteroatoms. The first-order valence-electron chi connectivity index (χ1n) is 7.21. The van der Waals surface area contributed by atoms with E-state index in [0.29, 0.717) is 16.9 Å². The van der Waals surface area contributed by atoms with E-state index in [-0.39, 0.29) is 5.91 Å². The molecule has 0 radical (unpaired) electrons. The summed E-state index contributed by atoms with van der Waals surface area (Å²) in [5.74, 6) is -0.134. The lowest BCUT2D eigenvalue weighted by molar-refractivity contribution is -0.112. The Labute approximate surface area is 127 Å². The molecule has 0 saturated carbocycles. The molecule has 0 fully saturated rings. The van der Waals surface area contributed by atoms with Gasteiger partial charge in [0.25, 0.3) is 5.91 Å². The van der Waals surface area contributed by atoms with Crippen molar-refractivity contribution in [1.82, 2.24) is 0 Å². The van der Waals surface area contributed by atoms with Gasteiger partial charge in [-0.1, -0.05) is 43.2 Å². The van der Waals surface area contributed by atoms with Crippen molar-refractivity contribution in [2.75, 3.05) is 11.1 Å². The Kier molecular flexibility index (Phi) is 7.02. The lowest BCUT2D eigenvalue weighted by atomic mass is 10.1. The van der Waals surface area contributed by atoms with Crippen molar-refractivity contribution in [3.63, 3.8) is 0 Å². The number of allylic oxidation sites excluding steroid dienone is 4. The second-order valence-corrected chi connectivity index (χ2v) is 5.14. The second kappa shape index (κ2) is 8.80. The van der Waals surface area contributed by atoms with E-state index in [4.69, 9.17) is 5.73 Å². The number of hydrogen-bond acceptors (Lipinski definition) is 2. The van der Waals surface area contributed by atoms with Gasteiger partial charge in [-0.15, -0.1) is 0 Å². The number of nitrogen functional groups attached to an aromatic ring is 1. The minimum atomic E-state index is -0.134. The molecule has 1 aromatic rings. The van der Waals surface area contributed by atoms with E-state index in [2.05, 4.69) is 12.2 Å². The third-order valence-corrected chi connectivity index (χ3v) is 2.76. The number of carbonyl (C=O) groups is 1. The molecule has 0 aliphatic heterocycles.